The van der Waals surface area contributed by atoms with E-state index in [0.717, 1.165) is 11.8 Å². The third-order valence-corrected chi connectivity index (χ3v) is 6.67. The van der Waals surface area contributed by atoms with Crippen molar-refractivity contribution in [2.24, 2.45) is 11.8 Å². The summed E-state index contributed by atoms with van der Waals surface area (Å²) in [7, 11) is 0. The van der Waals surface area contributed by atoms with E-state index in [9.17, 15) is 35.1 Å². The Morgan fingerprint density at radius 1 is 1.08 bits per heavy atom. The molecule has 12 nitrogen and oxygen atoms in total. The number of fused-ring (bicyclic) bond motifs is 1. The van der Waals surface area contributed by atoms with Crippen LogP contribution in [0.5, 0.6) is 5.75 Å². The van der Waals surface area contributed by atoms with Crippen LogP contribution < -0.4 is 0 Å². The van der Waals surface area contributed by atoms with Crippen LogP contribution in [0.2, 0.25) is 0 Å². The molecule has 36 heavy (non-hydrogen) atoms. The summed E-state index contributed by atoms with van der Waals surface area (Å²) in [6.45, 7) is 1.04. The molecular formula is C24H30O12. The average molecular weight is 510 g/mol. The van der Waals surface area contributed by atoms with Crippen molar-refractivity contribution in [3.8, 4) is 5.75 Å². The van der Waals surface area contributed by atoms with Crippen molar-refractivity contribution in [2.75, 3.05) is 13.2 Å². The molecule has 2 saturated heterocycles. The zero-order valence-corrected chi connectivity index (χ0v) is 19.5. The number of carbonyl (C=O) groups excluding carboxylic acids is 2. The Morgan fingerprint density at radius 3 is 2.50 bits per heavy atom. The molecule has 198 valence electrons. The number of aliphatic hydroxyl groups is 4. The van der Waals surface area contributed by atoms with E-state index in [4.69, 9.17) is 23.7 Å². The molecule has 5 N–H and O–H groups in total. The second kappa shape index (κ2) is 11.1. The van der Waals surface area contributed by atoms with Gasteiger partial charge in [0.15, 0.2) is 6.29 Å². The summed E-state index contributed by atoms with van der Waals surface area (Å²) in [5.41, 5.74) is 0.984. The number of esters is 2. The number of ether oxygens (including phenoxy) is 5. The van der Waals surface area contributed by atoms with Gasteiger partial charge >= 0.3 is 11.9 Å². The Morgan fingerprint density at radius 2 is 1.81 bits per heavy atom. The molecule has 3 aliphatic heterocycles. The van der Waals surface area contributed by atoms with Crippen LogP contribution in [0.3, 0.4) is 0 Å². The number of carbonyl (C=O) groups is 2. The minimum Gasteiger partial charge on any atom is -0.508 e. The number of aliphatic hydroxyl groups excluding tert-OH is 4. The lowest BCUT2D eigenvalue weighted by atomic mass is 9.77. The fourth-order valence-electron chi connectivity index (χ4n) is 4.67. The van der Waals surface area contributed by atoms with Crippen LogP contribution in [-0.4, -0.2) is 93.8 Å². The molecule has 3 heterocycles. The molecule has 0 bridgehead atoms. The average Bonchev–Trinajstić information content (AvgIpc) is 2.85. The first-order valence-corrected chi connectivity index (χ1v) is 11.7. The number of phenolic OH excluding ortho intramolecular Hbond substituents is 1. The molecule has 0 aromatic heterocycles. The zero-order valence-electron chi connectivity index (χ0n) is 19.5. The maximum atomic E-state index is 12.9. The lowest BCUT2D eigenvalue weighted by molar-refractivity contribution is -0.346. The van der Waals surface area contributed by atoms with Gasteiger partial charge in [0.2, 0.25) is 6.29 Å². The van der Waals surface area contributed by atoms with Gasteiger partial charge in [0.05, 0.1) is 37.4 Å². The second-order valence-electron chi connectivity index (χ2n) is 9.05. The number of rotatable bonds is 7. The molecule has 1 aromatic rings. The molecule has 0 unspecified atom stereocenters. The molecule has 0 amide bonds. The van der Waals surface area contributed by atoms with Gasteiger partial charge < -0.3 is 49.2 Å². The molecule has 0 aliphatic carbocycles. The fourth-order valence-corrected chi connectivity index (χ4v) is 4.67. The molecule has 3 aliphatic rings. The smallest absolute Gasteiger partial charge is 0.337 e. The topological polar surface area (TPSA) is 181 Å². The Balaban J connectivity index is 1.46. The number of phenols is 1. The molecular weight excluding hydrogens is 480 g/mol. The van der Waals surface area contributed by atoms with Gasteiger partial charge in [-0.15, -0.1) is 0 Å². The maximum Gasteiger partial charge on any atom is 0.337 e. The Bertz CT molecular complexity index is 960. The van der Waals surface area contributed by atoms with Crippen molar-refractivity contribution in [1.29, 1.82) is 0 Å². The molecule has 9 atom stereocenters. The number of aromatic hydroxyl groups is 1. The van der Waals surface area contributed by atoms with Crippen LogP contribution in [0.1, 0.15) is 18.9 Å². The third-order valence-electron chi connectivity index (χ3n) is 6.67. The van der Waals surface area contributed by atoms with Gasteiger partial charge in [-0.1, -0.05) is 12.1 Å². The first-order valence-electron chi connectivity index (χ1n) is 11.7. The van der Waals surface area contributed by atoms with Crippen molar-refractivity contribution < 1.29 is 58.8 Å². The van der Waals surface area contributed by atoms with Gasteiger partial charge in [0.1, 0.15) is 36.3 Å². The van der Waals surface area contributed by atoms with E-state index in [1.165, 1.54) is 12.1 Å². The predicted octanol–water partition coefficient (Wildman–Crippen LogP) is -0.898. The summed E-state index contributed by atoms with van der Waals surface area (Å²) in [4.78, 5) is 25.0. The van der Waals surface area contributed by atoms with E-state index in [1.807, 2.05) is 0 Å². The number of hydrogen-bond donors (Lipinski definition) is 5. The van der Waals surface area contributed by atoms with Crippen molar-refractivity contribution in [2.45, 2.75) is 62.9 Å². The van der Waals surface area contributed by atoms with Gasteiger partial charge in [-0.3, -0.25) is 4.79 Å². The van der Waals surface area contributed by atoms with Gasteiger partial charge in [-0.05, 0) is 24.6 Å². The number of hydrogen-bond acceptors (Lipinski definition) is 12. The summed E-state index contributed by atoms with van der Waals surface area (Å²) in [6, 6.07) is 6.48. The van der Waals surface area contributed by atoms with Crippen LogP contribution in [0.25, 0.3) is 0 Å². The molecule has 0 saturated carbocycles. The molecule has 0 radical (unpaired) electrons. The highest BCUT2D eigenvalue weighted by atomic mass is 16.8. The minimum atomic E-state index is -1.65. The van der Waals surface area contributed by atoms with Crippen LogP contribution in [0, 0.1) is 11.8 Å². The van der Waals surface area contributed by atoms with Crippen LogP contribution in [0.4, 0.5) is 0 Å². The Kier molecular flexibility index (Phi) is 8.13. The van der Waals surface area contributed by atoms with E-state index in [-0.39, 0.29) is 24.4 Å². The standard InChI is InChI=1S/C24H30O12/c1-11-18-14(8-17(27)34-11)15(22(31)32-7-6-12-2-4-13(26)5-3-12)10-33-23(18)36-24-21(30)20(29)19(28)16(9-25)35-24/h2-5,10-11,14,16,18-21,23-26,28-30H,6-9H2,1H3/t11-,14-,16-,18-,19-,20+,21-,23+,24+/m1/s1. The largest absolute Gasteiger partial charge is 0.508 e. The minimum absolute atomic E-state index is 0.0587. The highest BCUT2D eigenvalue weighted by Gasteiger charge is 2.52. The van der Waals surface area contributed by atoms with E-state index in [0.29, 0.717) is 6.42 Å². The summed E-state index contributed by atoms with van der Waals surface area (Å²) < 4.78 is 27.5. The van der Waals surface area contributed by atoms with Crippen LogP contribution in [-0.2, 0) is 39.7 Å². The van der Waals surface area contributed by atoms with Crippen molar-refractivity contribution in [3.63, 3.8) is 0 Å². The molecule has 0 spiro atoms. The Hall–Kier alpha value is -2.74. The molecule has 4 rings (SSSR count). The van der Waals surface area contributed by atoms with E-state index < -0.39 is 73.5 Å². The monoisotopic (exact) mass is 510 g/mol. The van der Waals surface area contributed by atoms with Crippen LogP contribution >= 0.6 is 0 Å². The predicted molar refractivity (Wildman–Crippen MR) is 118 cm³/mol. The van der Waals surface area contributed by atoms with E-state index >= 15 is 0 Å². The summed E-state index contributed by atoms with van der Waals surface area (Å²) in [5, 5.41) is 49.1. The molecule has 1 aromatic carbocycles. The zero-order chi connectivity index (χ0) is 26.0. The van der Waals surface area contributed by atoms with E-state index in [1.54, 1.807) is 19.1 Å². The van der Waals surface area contributed by atoms with Crippen molar-refractivity contribution in [1.82, 2.24) is 0 Å². The van der Waals surface area contributed by atoms with E-state index in [2.05, 4.69) is 0 Å². The molecule has 12 heteroatoms. The van der Waals surface area contributed by atoms with Crippen LogP contribution in [0.15, 0.2) is 36.1 Å². The number of benzene rings is 1. The van der Waals surface area contributed by atoms with Gasteiger partial charge in [-0.25, -0.2) is 4.79 Å². The summed E-state index contributed by atoms with van der Waals surface area (Å²) in [5.74, 6) is -2.41. The summed E-state index contributed by atoms with van der Waals surface area (Å²) >= 11 is 0. The second-order valence-corrected chi connectivity index (χ2v) is 9.05. The first kappa shape index (κ1) is 26.3. The lowest BCUT2D eigenvalue weighted by Gasteiger charge is -2.45. The molecule has 2 fully saturated rings. The van der Waals surface area contributed by atoms with Gasteiger partial charge in [0.25, 0.3) is 0 Å². The third kappa shape index (κ3) is 5.48. The lowest BCUT2D eigenvalue weighted by Crippen LogP contribution is -2.61. The van der Waals surface area contributed by atoms with Crippen molar-refractivity contribution >= 4 is 11.9 Å². The maximum absolute atomic E-state index is 12.9. The van der Waals surface area contributed by atoms with Gasteiger partial charge in [0, 0.05) is 12.3 Å². The Labute approximate surface area is 206 Å². The quantitative estimate of drug-likeness (QED) is 0.286. The van der Waals surface area contributed by atoms with Crippen molar-refractivity contribution in [3.05, 3.63) is 41.7 Å². The summed E-state index contributed by atoms with van der Waals surface area (Å²) in [6.07, 6.45) is -7.95. The highest BCUT2D eigenvalue weighted by molar-refractivity contribution is 5.90. The highest BCUT2D eigenvalue weighted by Crippen LogP contribution is 2.41. The normalized spacial score (nSPS) is 36.2. The first-order chi connectivity index (χ1) is 17.2. The fraction of sp³-hybridized carbons (Fsp3) is 0.583. The SMILES string of the molecule is C[C@H]1OC(=O)C[C@@H]2C(C(=O)OCCc3ccc(O)cc3)=CO[C@@H](O[C@@H]3O[C@H](CO)[C@@H](O)[C@H](O)[C@H]3O)[C@@H]21. The van der Waals surface area contributed by atoms with Gasteiger partial charge in [-0.2, -0.15) is 0 Å². The number of cyclic esters (lactones) is 1.